The number of hydrogen-bond donors (Lipinski definition) is 1. The molecule has 1 aliphatic rings. The van der Waals surface area contributed by atoms with Crippen molar-refractivity contribution in [3.63, 3.8) is 0 Å². The van der Waals surface area contributed by atoms with Gasteiger partial charge in [-0.15, -0.1) is 24.8 Å². The molecule has 1 fully saturated rings. The van der Waals surface area contributed by atoms with E-state index in [0.717, 1.165) is 26.2 Å². The molecule has 2 atom stereocenters. The Bertz CT molecular complexity index is 329. The van der Waals surface area contributed by atoms with Crippen molar-refractivity contribution in [2.24, 2.45) is 5.92 Å². The number of rotatable bonds is 4. The fourth-order valence-corrected chi connectivity index (χ4v) is 2.57. The maximum Gasteiger partial charge on any atom is 0.0578 e. The molecule has 2 rings (SSSR count). The highest BCUT2D eigenvalue weighted by Gasteiger charge is 2.26. The summed E-state index contributed by atoms with van der Waals surface area (Å²) in [5, 5.41) is 3.42. The van der Waals surface area contributed by atoms with Gasteiger partial charge in [-0.05, 0) is 18.1 Å². The quantitative estimate of drug-likeness (QED) is 0.927. The van der Waals surface area contributed by atoms with Crippen molar-refractivity contribution in [1.29, 1.82) is 0 Å². The van der Waals surface area contributed by atoms with Gasteiger partial charge in [0.1, 0.15) is 0 Å². The zero-order valence-electron chi connectivity index (χ0n) is 11.7. The van der Waals surface area contributed by atoms with E-state index in [-0.39, 0.29) is 24.8 Å². The Morgan fingerprint density at radius 1 is 1.26 bits per heavy atom. The summed E-state index contributed by atoms with van der Waals surface area (Å²) < 4.78 is 0. The van der Waals surface area contributed by atoms with Gasteiger partial charge in [0.2, 0.25) is 0 Å². The van der Waals surface area contributed by atoms with E-state index in [2.05, 4.69) is 41.2 Å². The number of pyridine rings is 1. The second-order valence-corrected chi connectivity index (χ2v) is 4.87. The lowest BCUT2D eigenvalue weighted by atomic mass is 9.94. The van der Waals surface area contributed by atoms with E-state index in [1.54, 1.807) is 0 Å². The van der Waals surface area contributed by atoms with Crippen molar-refractivity contribution in [1.82, 2.24) is 15.2 Å². The smallest absolute Gasteiger partial charge is 0.0578 e. The van der Waals surface area contributed by atoms with Crippen molar-refractivity contribution in [2.45, 2.75) is 26.3 Å². The van der Waals surface area contributed by atoms with Gasteiger partial charge in [-0.1, -0.05) is 26.3 Å². The molecule has 19 heavy (non-hydrogen) atoms. The Balaban J connectivity index is 0.00000162. The van der Waals surface area contributed by atoms with Crippen LogP contribution < -0.4 is 5.32 Å². The lowest BCUT2D eigenvalue weighted by molar-refractivity contribution is 0.125. The lowest BCUT2D eigenvalue weighted by Crippen LogP contribution is -2.46. The van der Waals surface area contributed by atoms with E-state index in [0.29, 0.717) is 12.0 Å². The van der Waals surface area contributed by atoms with Crippen LogP contribution in [0.2, 0.25) is 0 Å². The Morgan fingerprint density at radius 3 is 2.47 bits per heavy atom. The van der Waals surface area contributed by atoms with E-state index in [9.17, 15) is 0 Å². The molecule has 0 amide bonds. The van der Waals surface area contributed by atoms with E-state index in [1.165, 1.54) is 12.1 Å². The van der Waals surface area contributed by atoms with Crippen LogP contribution in [0.1, 0.15) is 32.0 Å². The first kappa shape index (κ1) is 18.7. The Kier molecular flexibility index (Phi) is 9.36. The molecular weight excluding hydrogens is 281 g/mol. The number of halogens is 2. The molecule has 2 heterocycles. The standard InChI is InChI=1S/C14H23N3.2ClH/c1-3-12(2)14(13-6-4-5-7-16-13)17-10-8-15-9-11-17;;/h4-7,12,14-15H,3,8-11H2,1-2H3;2*1H/t12?,14-;;/m1../s1. The van der Waals surface area contributed by atoms with Crippen molar-refractivity contribution in [2.75, 3.05) is 26.2 Å². The summed E-state index contributed by atoms with van der Waals surface area (Å²) in [6.07, 6.45) is 3.11. The molecule has 3 nitrogen and oxygen atoms in total. The number of nitrogens with one attached hydrogen (secondary N) is 1. The molecule has 1 aromatic heterocycles. The number of aromatic nitrogens is 1. The first-order valence-electron chi connectivity index (χ1n) is 6.68. The van der Waals surface area contributed by atoms with Crippen LogP contribution in [0, 0.1) is 5.92 Å². The fraction of sp³-hybridized carbons (Fsp3) is 0.643. The van der Waals surface area contributed by atoms with E-state index >= 15 is 0 Å². The summed E-state index contributed by atoms with van der Waals surface area (Å²) >= 11 is 0. The molecule has 1 aromatic rings. The third kappa shape index (κ3) is 4.92. The predicted molar refractivity (Wildman–Crippen MR) is 85.4 cm³/mol. The van der Waals surface area contributed by atoms with Gasteiger partial charge in [-0.25, -0.2) is 0 Å². The molecular formula is C14H25Cl2N3. The van der Waals surface area contributed by atoms with Crippen LogP contribution >= 0.6 is 24.8 Å². The van der Waals surface area contributed by atoms with Crippen LogP contribution in [-0.2, 0) is 0 Å². The van der Waals surface area contributed by atoms with Gasteiger partial charge in [-0.3, -0.25) is 9.88 Å². The molecule has 0 bridgehead atoms. The van der Waals surface area contributed by atoms with Gasteiger partial charge in [0.05, 0.1) is 11.7 Å². The molecule has 1 saturated heterocycles. The van der Waals surface area contributed by atoms with Crippen LogP contribution in [0.4, 0.5) is 0 Å². The minimum atomic E-state index is 0. The second-order valence-electron chi connectivity index (χ2n) is 4.87. The molecule has 0 spiro atoms. The average Bonchev–Trinajstić information content (AvgIpc) is 2.41. The summed E-state index contributed by atoms with van der Waals surface area (Å²) in [6.45, 7) is 9.06. The second kappa shape index (κ2) is 9.54. The summed E-state index contributed by atoms with van der Waals surface area (Å²) in [5.74, 6) is 0.656. The van der Waals surface area contributed by atoms with Gasteiger partial charge in [0, 0.05) is 32.4 Å². The largest absolute Gasteiger partial charge is 0.314 e. The maximum atomic E-state index is 4.56. The Morgan fingerprint density at radius 2 is 1.95 bits per heavy atom. The molecule has 1 N–H and O–H groups in total. The van der Waals surface area contributed by atoms with E-state index < -0.39 is 0 Å². The van der Waals surface area contributed by atoms with Gasteiger partial charge >= 0.3 is 0 Å². The van der Waals surface area contributed by atoms with E-state index in [4.69, 9.17) is 0 Å². The van der Waals surface area contributed by atoms with Gasteiger partial charge < -0.3 is 5.32 Å². The van der Waals surface area contributed by atoms with Crippen LogP contribution in [0.3, 0.4) is 0 Å². The SMILES string of the molecule is CCC(C)[C@H](c1ccccn1)N1CCNCC1.Cl.Cl. The molecule has 0 aliphatic carbocycles. The van der Waals surface area contributed by atoms with Crippen molar-refractivity contribution < 1.29 is 0 Å². The summed E-state index contributed by atoms with van der Waals surface area (Å²) in [4.78, 5) is 7.14. The van der Waals surface area contributed by atoms with Crippen molar-refractivity contribution in [3.8, 4) is 0 Å². The molecule has 1 unspecified atom stereocenters. The topological polar surface area (TPSA) is 28.2 Å². The number of nitrogens with zero attached hydrogens (tertiary/aromatic N) is 2. The molecule has 110 valence electrons. The summed E-state index contributed by atoms with van der Waals surface area (Å²) in [6, 6.07) is 6.73. The summed E-state index contributed by atoms with van der Waals surface area (Å²) in [5.41, 5.74) is 1.23. The normalized spacial score (nSPS) is 18.8. The molecule has 0 radical (unpaired) electrons. The van der Waals surface area contributed by atoms with E-state index in [1.807, 2.05) is 12.3 Å². The van der Waals surface area contributed by atoms with Crippen molar-refractivity contribution >= 4 is 24.8 Å². The highest BCUT2D eigenvalue weighted by Crippen LogP contribution is 2.29. The van der Waals surface area contributed by atoms with Crippen LogP contribution in [0.15, 0.2) is 24.4 Å². The monoisotopic (exact) mass is 305 g/mol. The lowest BCUT2D eigenvalue weighted by Gasteiger charge is -2.37. The minimum Gasteiger partial charge on any atom is -0.314 e. The zero-order valence-corrected chi connectivity index (χ0v) is 13.3. The average molecular weight is 306 g/mol. The fourth-order valence-electron chi connectivity index (χ4n) is 2.57. The Labute approximate surface area is 129 Å². The highest BCUT2D eigenvalue weighted by molar-refractivity contribution is 5.85. The highest BCUT2D eigenvalue weighted by atomic mass is 35.5. The first-order valence-corrected chi connectivity index (χ1v) is 6.68. The number of piperazine rings is 1. The molecule has 0 saturated carbocycles. The Hall–Kier alpha value is -0.350. The molecule has 0 aromatic carbocycles. The van der Waals surface area contributed by atoms with Gasteiger partial charge in [0.25, 0.3) is 0 Å². The molecule has 5 heteroatoms. The third-order valence-electron chi connectivity index (χ3n) is 3.72. The van der Waals surface area contributed by atoms with Crippen LogP contribution in [0.25, 0.3) is 0 Å². The van der Waals surface area contributed by atoms with Gasteiger partial charge in [0.15, 0.2) is 0 Å². The zero-order chi connectivity index (χ0) is 12.1. The summed E-state index contributed by atoms with van der Waals surface area (Å²) in [7, 11) is 0. The molecule has 1 aliphatic heterocycles. The van der Waals surface area contributed by atoms with Crippen molar-refractivity contribution in [3.05, 3.63) is 30.1 Å². The van der Waals surface area contributed by atoms with Crippen LogP contribution in [0.5, 0.6) is 0 Å². The predicted octanol–water partition coefficient (Wildman–Crippen LogP) is 2.92. The van der Waals surface area contributed by atoms with Crippen LogP contribution in [-0.4, -0.2) is 36.1 Å². The minimum absolute atomic E-state index is 0. The van der Waals surface area contributed by atoms with Gasteiger partial charge in [-0.2, -0.15) is 0 Å². The first-order chi connectivity index (χ1) is 8.33. The third-order valence-corrected chi connectivity index (χ3v) is 3.72. The number of hydrogen-bond acceptors (Lipinski definition) is 3. The maximum absolute atomic E-state index is 4.56.